The molecular weight excluding hydrogens is 370 g/mol. The summed E-state index contributed by atoms with van der Waals surface area (Å²) in [6, 6.07) is 10.8. The SMILES string of the molecule is Cc1cc(C)cc(S(C)(=O)=NC(=O)c2cncc(C#Cc3ccncc3)c2)c1. The number of pyridine rings is 2. The molecule has 0 fully saturated rings. The van der Waals surface area contributed by atoms with Crippen LogP contribution in [0.25, 0.3) is 0 Å². The van der Waals surface area contributed by atoms with Crippen LogP contribution in [0, 0.1) is 25.7 Å². The van der Waals surface area contributed by atoms with Crippen LogP contribution < -0.4 is 0 Å². The zero-order valence-electron chi connectivity index (χ0n) is 15.8. The third-order valence-corrected chi connectivity index (χ3v) is 5.53. The lowest BCUT2D eigenvalue weighted by Gasteiger charge is -2.07. The van der Waals surface area contributed by atoms with Gasteiger partial charge in [-0.3, -0.25) is 14.8 Å². The van der Waals surface area contributed by atoms with Crippen LogP contribution in [0.15, 0.2) is 70.4 Å². The summed E-state index contributed by atoms with van der Waals surface area (Å²) in [6.45, 7) is 3.84. The fraction of sp³-hybridized carbons (Fsp3) is 0.136. The first-order chi connectivity index (χ1) is 13.3. The van der Waals surface area contributed by atoms with Crippen LogP contribution in [0.5, 0.6) is 0 Å². The molecule has 2 heterocycles. The van der Waals surface area contributed by atoms with Gasteiger partial charge in [-0.1, -0.05) is 17.9 Å². The van der Waals surface area contributed by atoms with Crippen LogP contribution in [-0.4, -0.2) is 26.3 Å². The Kier molecular flexibility index (Phi) is 5.67. The maximum atomic E-state index is 13.0. The number of aryl methyl sites for hydroxylation is 2. The van der Waals surface area contributed by atoms with Crippen molar-refractivity contribution in [1.82, 2.24) is 9.97 Å². The highest BCUT2D eigenvalue weighted by molar-refractivity contribution is 7.93. The van der Waals surface area contributed by atoms with E-state index in [1.807, 2.05) is 19.9 Å². The molecule has 3 aromatic rings. The molecule has 0 bridgehead atoms. The minimum absolute atomic E-state index is 0.250. The number of nitrogens with zero attached hydrogens (tertiary/aromatic N) is 3. The van der Waals surface area contributed by atoms with Gasteiger partial charge in [0.1, 0.15) is 0 Å². The average Bonchev–Trinajstić information content (AvgIpc) is 2.66. The van der Waals surface area contributed by atoms with Crippen molar-refractivity contribution in [1.29, 1.82) is 0 Å². The second kappa shape index (κ2) is 8.15. The van der Waals surface area contributed by atoms with Crippen LogP contribution in [0.4, 0.5) is 0 Å². The predicted octanol–water partition coefficient (Wildman–Crippen LogP) is 3.79. The molecule has 1 atom stereocenters. The molecule has 0 aliphatic rings. The number of carbonyl (C=O) groups excluding carboxylic acids is 1. The van der Waals surface area contributed by atoms with E-state index in [1.165, 1.54) is 12.5 Å². The van der Waals surface area contributed by atoms with E-state index >= 15 is 0 Å². The van der Waals surface area contributed by atoms with Gasteiger partial charge in [-0.25, -0.2) is 4.21 Å². The Morgan fingerprint density at radius 3 is 2.25 bits per heavy atom. The van der Waals surface area contributed by atoms with E-state index in [0.29, 0.717) is 10.5 Å². The van der Waals surface area contributed by atoms with Crippen molar-refractivity contribution in [3.8, 4) is 11.8 Å². The van der Waals surface area contributed by atoms with E-state index in [4.69, 9.17) is 0 Å². The molecule has 140 valence electrons. The maximum absolute atomic E-state index is 13.0. The molecule has 0 spiro atoms. The van der Waals surface area contributed by atoms with Crippen LogP contribution in [0.1, 0.15) is 32.6 Å². The molecule has 0 saturated heterocycles. The van der Waals surface area contributed by atoms with Gasteiger partial charge in [0.25, 0.3) is 5.91 Å². The molecule has 0 saturated carbocycles. The molecule has 3 rings (SSSR count). The molecule has 0 aliphatic heterocycles. The number of hydrogen-bond acceptors (Lipinski definition) is 4. The van der Waals surface area contributed by atoms with Gasteiger partial charge in [0.15, 0.2) is 0 Å². The standard InChI is InChI=1S/C22H19N3O2S/c1-16-10-17(2)12-21(11-16)28(3,27)25-22(26)20-13-19(14-24-15-20)5-4-18-6-8-23-9-7-18/h6-15H,1-3H3. The quantitative estimate of drug-likeness (QED) is 0.625. The van der Waals surface area contributed by atoms with Gasteiger partial charge in [-0.15, -0.1) is 0 Å². The lowest BCUT2D eigenvalue weighted by molar-refractivity contribution is 0.100. The lowest BCUT2D eigenvalue weighted by Crippen LogP contribution is -2.05. The van der Waals surface area contributed by atoms with Crippen LogP contribution in [0.2, 0.25) is 0 Å². The second-order valence-electron chi connectivity index (χ2n) is 6.47. The zero-order valence-corrected chi connectivity index (χ0v) is 16.7. The molecule has 1 unspecified atom stereocenters. The van der Waals surface area contributed by atoms with Gasteiger partial charge >= 0.3 is 0 Å². The minimum atomic E-state index is -2.87. The van der Waals surface area contributed by atoms with E-state index in [9.17, 15) is 9.00 Å². The first kappa shape index (κ1) is 19.5. The van der Waals surface area contributed by atoms with Crippen molar-refractivity contribution in [2.24, 2.45) is 4.36 Å². The fourth-order valence-corrected chi connectivity index (χ4v) is 3.96. The van der Waals surface area contributed by atoms with Gasteiger partial charge in [-0.2, -0.15) is 4.36 Å². The molecule has 6 heteroatoms. The Morgan fingerprint density at radius 2 is 1.57 bits per heavy atom. The average molecular weight is 389 g/mol. The molecule has 0 aliphatic carbocycles. The third-order valence-electron chi connectivity index (χ3n) is 3.91. The molecule has 28 heavy (non-hydrogen) atoms. The molecule has 0 radical (unpaired) electrons. The Labute approximate surface area is 165 Å². The Balaban J connectivity index is 1.91. The first-order valence-corrected chi connectivity index (χ1v) is 10.5. The Bertz CT molecular complexity index is 1200. The number of amides is 1. The fourth-order valence-electron chi connectivity index (χ4n) is 2.62. The predicted molar refractivity (Wildman–Crippen MR) is 109 cm³/mol. The minimum Gasteiger partial charge on any atom is -0.266 e. The summed E-state index contributed by atoms with van der Waals surface area (Å²) in [5, 5.41) is 0. The van der Waals surface area contributed by atoms with Crippen molar-refractivity contribution in [2.75, 3.05) is 6.26 Å². The summed E-state index contributed by atoms with van der Waals surface area (Å²) in [4.78, 5) is 21.1. The highest BCUT2D eigenvalue weighted by Crippen LogP contribution is 2.17. The smallest absolute Gasteiger partial charge is 0.266 e. The summed E-state index contributed by atoms with van der Waals surface area (Å²) in [6.07, 6.45) is 7.76. The largest absolute Gasteiger partial charge is 0.286 e. The normalized spacial score (nSPS) is 12.4. The van der Waals surface area contributed by atoms with Crippen LogP contribution in [-0.2, 0) is 9.73 Å². The van der Waals surface area contributed by atoms with Gasteiger partial charge < -0.3 is 0 Å². The number of rotatable bonds is 2. The van der Waals surface area contributed by atoms with Crippen molar-refractivity contribution >= 4 is 15.6 Å². The first-order valence-electron chi connectivity index (χ1n) is 8.55. The summed E-state index contributed by atoms with van der Waals surface area (Å²) in [5.74, 6) is 5.37. The van der Waals surface area contributed by atoms with Crippen LogP contribution in [0.3, 0.4) is 0 Å². The number of benzene rings is 1. The molecule has 1 aromatic carbocycles. The number of carbonyl (C=O) groups is 1. The maximum Gasteiger partial charge on any atom is 0.286 e. The van der Waals surface area contributed by atoms with E-state index in [0.717, 1.165) is 16.7 Å². The monoisotopic (exact) mass is 389 g/mol. The molecular formula is C22H19N3O2S. The van der Waals surface area contributed by atoms with Gasteiger partial charge in [0.2, 0.25) is 0 Å². The van der Waals surface area contributed by atoms with E-state index in [-0.39, 0.29) is 5.56 Å². The lowest BCUT2D eigenvalue weighted by atomic mass is 10.2. The summed E-state index contributed by atoms with van der Waals surface area (Å²) >= 11 is 0. The van der Waals surface area contributed by atoms with E-state index in [2.05, 4.69) is 26.2 Å². The van der Waals surface area contributed by atoms with Crippen molar-refractivity contribution < 1.29 is 9.00 Å². The Hall–Kier alpha value is -3.30. The summed E-state index contributed by atoms with van der Waals surface area (Å²) < 4.78 is 17.0. The van der Waals surface area contributed by atoms with Crippen LogP contribution >= 0.6 is 0 Å². The second-order valence-corrected chi connectivity index (χ2v) is 8.73. The third kappa shape index (κ3) is 4.90. The number of hydrogen-bond donors (Lipinski definition) is 0. The van der Waals surface area contributed by atoms with Gasteiger partial charge in [-0.05, 0) is 55.3 Å². The zero-order chi connectivity index (χ0) is 20.1. The molecule has 2 aromatic heterocycles. The molecule has 5 nitrogen and oxygen atoms in total. The van der Waals surface area contributed by atoms with Gasteiger partial charge in [0.05, 0.1) is 15.3 Å². The summed E-state index contributed by atoms with van der Waals surface area (Å²) in [5.41, 5.74) is 3.58. The highest BCUT2D eigenvalue weighted by Gasteiger charge is 2.13. The summed E-state index contributed by atoms with van der Waals surface area (Å²) in [7, 11) is -2.87. The van der Waals surface area contributed by atoms with Crippen molar-refractivity contribution in [3.05, 3.63) is 89.0 Å². The van der Waals surface area contributed by atoms with Crippen molar-refractivity contribution in [3.63, 3.8) is 0 Å². The molecule has 0 N–H and O–H groups in total. The van der Waals surface area contributed by atoms with E-state index < -0.39 is 15.6 Å². The van der Waals surface area contributed by atoms with E-state index in [1.54, 1.807) is 48.9 Å². The molecule has 1 amide bonds. The highest BCUT2D eigenvalue weighted by atomic mass is 32.2. The van der Waals surface area contributed by atoms with Crippen molar-refractivity contribution in [2.45, 2.75) is 18.7 Å². The Morgan fingerprint density at radius 1 is 0.929 bits per heavy atom. The van der Waals surface area contributed by atoms with Gasteiger partial charge in [0, 0.05) is 47.1 Å². The topological polar surface area (TPSA) is 72.3 Å². The number of aromatic nitrogens is 2.